The summed E-state index contributed by atoms with van der Waals surface area (Å²) < 4.78 is 7.95. The summed E-state index contributed by atoms with van der Waals surface area (Å²) >= 11 is 0. The Balaban J connectivity index is 2.22. The molecule has 1 aromatic carbocycles. The lowest BCUT2D eigenvalue weighted by Crippen LogP contribution is -2.08. The zero-order valence-corrected chi connectivity index (χ0v) is 10.2. The molecule has 17 heavy (non-hydrogen) atoms. The number of aryl methyl sites for hydroxylation is 2. The molecule has 90 valence electrons. The highest BCUT2D eigenvalue weighted by Gasteiger charge is 2.16. The van der Waals surface area contributed by atoms with Gasteiger partial charge in [-0.15, -0.1) is 0 Å². The van der Waals surface area contributed by atoms with E-state index in [0.717, 1.165) is 31.6 Å². The second-order valence-corrected chi connectivity index (χ2v) is 4.66. The maximum absolute atomic E-state index is 5.71. The number of rotatable bonds is 2. The van der Waals surface area contributed by atoms with Crippen LogP contribution in [0.2, 0.25) is 0 Å². The van der Waals surface area contributed by atoms with Gasteiger partial charge >= 0.3 is 0 Å². The molecule has 0 spiro atoms. The predicted octanol–water partition coefficient (Wildman–Crippen LogP) is 2.00. The summed E-state index contributed by atoms with van der Waals surface area (Å²) in [6, 6.07) is 6.53. The van der Waals surface area contributed by atoms with Gasteiger partial charge in [-0.05, 0) is 44.0 Å². The van der Waals surface area contributed by atoms with Gasteiger partial charge in [0.25, 0.3) is 0 Å². The molecular formula is C14H18N2O. The molecular weight excluding hydrogens is 212 g/mol. The van der Waals surface area contributed by atoms with Crippen LogP contribution in [-0.4, -0.2) is 17.7 Å². The third-order valence-electron chi connectivity index (χ3n) is 3.62. The van der Waals surface area contributed by atoms with Crippen molar-refractivity contribution in [3.8, 4) is 5.75 Å². The average Bonchev–Trinajstić information content (AvgIpc) is 2.68. The number of fused-ring (bicyclic) bond motifs is 3. The van der Waals surface area contributed by atoms with Crippen molar-refractivity contribution in [3.63, 3.8) is 0 Å². The molecule has 0 saturated heterocycles. The first kappa shape index (κ1) is 10.7. The fourth-order valence-corrected chi connectivity index (χ4v) is 2.72. The van der Waals surface area contributed by atoms with Crippen molar-refractivity contribution in [1.29, 1.82) is 0 Å². The first-order chi connectivity index (χ1) is 8.31. The van der Waals surface area contributed by atoms with E-state index < -0.39 is 0 Å². The number of benzene rings is 1. The molecule has 0 radical (unpaired) electrons. The fraction of sp³-hybridized carbons (Fsp3) is 0.429. The molecule has 0 atom stereocenters. The minimum atomic E-state index is 0.697. The van der Waals surface area contributed by atoms with Crippen LogP contribution in [0.1, 0.15) is 17.7 Å². The maximum Gasteiger partial charge on any atom is 0.123 e. The molecule has 3 rings (SSSR count). The lowest BCUT2D eigenvalue weighted by molar-refractivity contribution is 0.289. The molecule has 1 aliphatic heterocycles. The van der Waals surface area contributed by atoms with Crippen LogP contribution in [0.3, 0.4) is 0 Å². The highest BCUT2D eigenvalue weighted by Crippen LogP contribution is 2.33. The monoisotopic (exact) mass is 230 g/mol. The van der Waals surface area contributed by atoms with Crippen molar-refractivity contribution in [3.05, 3.63) is 29.5 Å². The van der Waals surface area contributed by atoms with E-state index in [-0.39, 0.29) is 0 Å². The van der Waals surface area contributed by atoms with Crippen LogP contribution in [0.25, 0.3) is 10.9 Å². The van der Waals surface area contributed by atoms with E-state index in [2.05, 4.69) is 29.8 Å². The number of nitrogens with zero attached hydrogens (tertiary/aromatic N) is 1. The van der Waals surface area contributed by atoms with Crippen LogP contribution in [0, 0.1) is 0 Å². The molecule has 1 aliphatic rings. The summed E-state index contributed by atoms with van der Waals surface area (Å²) in [6.45, 7) is 1.55. The van der Waals surface area contributed by atoms with E-state index >= 15 is 0 Å². The lowest BCUT2D eigenvalue weighted by atomic mass is 10.0. The first-order valence-corrected chi connectivity index (χ1v) is 6.24. The van der Waals surface area contributed by atoms with Gasteiger partial charge in [0.15, 0.2) is 0 Å². The first-order valence-electron chi connectivity index (χ1n) is 6.24. The van der Waals surface area contributed by atoms with E-state index in [1.165, 1.54) is 22.2 Å². The number of hydrogen-bond donors (Lipinski definition) is 1. The van der Waals surface area contributed by atoms with Crippen molar-refractivity contribution in [2.45, 2.75) is 19.3 Å². The topological polar surface area (TPSA) is 40.2 Å². The quantitative estimate of drug-likeness (QED) is 0.857. The molecule has 0 unspecified atom stereocenters. The third kappa shape index (κ3) is 1.62. The molecule has 0 aliphatic carbocycles. The Morgan fingerprint density at radius 3 is 3.12 bits per heavy atom. The van der Waals surface area contributed by atoms with E-state index in [1.54, 1.807) is 0 Å². The van der Waals surface area contributed by atoms with Crippen molar-refractivity contribution in [2.75, 3.05) is 13.2 Å². The van der Waals surface area contributed by atoms with Gasteiger partial charge in [0.1, 0.15) is 5.75 Å². The standard InChI is InChI=1S/C14H18N2O/c1-16-10(6-7-15)9-12-11-3-2-8-17-14(11)5-4-13(12)16/h4-5,9H,2-3,6-8,15H2,1H3. The molecule has 3 heteroatoms. The SMILES string of the molecule is Cn1c(CCN)cc2c3c(ccc21)OCCC3. The number of hydrogen-bond acceptors (Lipinski definition) is 2. The molecule has 0 saturated carbocycles. The Morgan fingerprint density at radius 1 is 1.41 bits per heavy atom. The van der Waals surface area contributed by atoms with E-state index in [4.69, 9.17) is 10.5 Å². The van der Waals surface area contributed by atoms with Gasteiger partial charge < -0.3 is 15.0 Å². The molecule has 0 bridgehead atoms. The summed E-state index contributed by atoms with van der Waals surface area (Å²) in [7, 11) is 2.11. The zero-order chi connectivity index (χ0) is 11.8. The zero-order valence-electron chi connectivity index (χ0n) is 10.2. The molecule has 0 fully saturated rings. The average molecular weight is 230 g/mol. The Hall–Kier alpha value is -1.48. The fourth-order valence-electron chi connectivity index (χ4n) is 2.72. The molecule has 2 aromatic rings. The highest BCUT2D eigenvalue weighted by molar-refractivity contribution is 5.87. The minimum absolute atomic E-state index is 0.697. The van der Waals surface area contributed by atoms with E-state index in [1.807, 2.05) is 0 Å². The van der Waals surface area contributed by atoms with Crippen LogP contribution in [-0.2, 0) is 19.9 Å². The smallest absolute Gasteiger partial charge is 0.123 e. The van der Waals surface area contributed by atoms with Gasteiger partial charge in [-0.3, -0.25) is 0 Å². The molecule has 3 nitrogen and oxygen atoms in total. The van der Waals surface area contributed by atoms with Crippen molar-refractivity contribution in [2.24, 2.45) is 12.8 Å². The summed E-state index contributed by atoms with van der Waals surface area (Å²) in [6.07, 6.45) is 3.17. The Morgan fingerprint density at radius 2 is 2.29 bits per heavy atom. The molecule has 0 amide bonds. The van der Waals surface area contributed by atoms with Gasteiger partial charge in [0.2, 0.25) is 0 Å². The van der Waals surface area contributed by atoms with Crippen LogP contribution in [0.15, 0.2) is 18.2 Å². The maximum atomic E-state index is 5.71. The van der Waals surface area contributed by atoms with Gasteiger partial charge in [0, 0.05) is 29.2 Å². The number of aromatic nitrogens is 1. The summed E-state index contributed by atoms with van der Waals surface area (Å²) in [5.41, 5.74) is 9.62. The van der Waals surface area contributed by atoms with E-state index in [0.29, 0.717) is 6.54 Å². The van der Waals surface area contributed by atoms with Gasteiger partial charge in [-0.25, -0.2) is 0 Å². The normalized spacial score (nSPS) is 14.7. The van der Waals surface area contributed by atoms with Crippen LogP contribution in [0.5, 0.6) is 5.75 Å². The summed E-state index contributed by atoms with van der Waals surface area (Å²) in [4.78, 5) is 0. The van der Waals surface area contributed by atoms with E-state index in [9.17, 15) is 0 Å². The minimum Gasteiger partial charge on any atom is -0.493 e. The molecule has 2 heterocycles. The van der Waals surface area contributed by atoms with Crippen molar-refractivity contribution in [1.82, 2.24) is 4.57 Å². The van der Waals surface area contributed by atoms with Crippen molar-refractivity contribution < 1.29 is 4.74 Å². The third-order valence-corrected chi connectivity index (χ3v) is 3.62. The second-order valence-electron chi connectivity index (χ2n) is 4.66. The molecule has 1 aromatic heterocycles. The van der Waals surface area contributed by atoms with Crippen LogP contribution < -0.4 is 10.5 Å². The Labute approximate surface area is 101 Å². The predicted molar refractivity (Wildman–Crippen MR) is 69.5 cm³/mol. The highest BCUT2D eigenvalue weighted by atomic mass is 16.5. The van der Waals surface area contributed by atoms with Crippen LogP contribution in [0.4, 0.5) is 0 Å². The van der Waals surface area contributed by atoms with Gasteiger partial charge in [-0.2, -0.15) is 0 Å². The number of ether oxygens (including phenoxy) is 1. The lowest BCUT2D eigenvalue weighted by Gasteiger charge is -2.17. The van der Waals surface area contributed by atoms with Gasteiger partial charge in [0.05, 0.1) is 6.61 Å². The Bertz CT molecular complexity index is 557. The molecule has 2 N–H and O–H groups in total. The Kier molecular flexibility index (Phi) is 2.56. The van der Waals surface area contributed by atoms with Crippen LogP contribution >= 0.6 is 0 Å². The van der Waals surface area contributed by atoms with Crippen molar-refractivity contribution >= 4 is 10.9 Å². The largest absolute Gasteiger partial charge is 0.493 e. The number of nitrogens with two attached hydrogens (primary N) is 1. The summed E-state index contributed by atoms with van der Waals surface area (Å²) in [5, 5.41) is 1.34. The summed E-state index contributed by atoms with van der Waals surface area (Å²) in [5.74, 6) is 1.06. The second kappa shape index (κ2) is 4.08. The van der Waals surface area contributed by atoms with Gasteiger partial charge in [-0.1, -0.05) is 0 Å².